The van der Waals surface area contributed by atoms with Gasteiger partial charge in [-0.05, 0) is 66.6 Å². The van der Waals surface area contributed by atoms with Crippen LogP contribution >= 0.6 is 0 Å². The second kappa shape index (κ2) is 1.03. The fourth-order valence-electron chi connectivity index (χ4n) is 5.33. The van der Waals surface area contributed by atoms with Gasteiger partial charge in [0.25, 0.3) is 0 Å². The molecule has 0 bridgehead atoms. The first-order valence-corrected chi connectivity index (χ1v) is 5.40. The number of hydrogen-bond donors (Lipinski definition) is 0. The minimum atomic E-state index is 1.03. The predicted octanol–water partition coefficient (Wildman–Crippen LogP) is 2.30. The lowest BCUT2D eigenvalue weighted by Crippen LogP contribution is -2.12. The van der Waals surface area contributed by atoms with Crippen molar-refractivity contribution in [1.29, 1.82) is 0 Å². The van der Waals surface area contributed by atoms with Crippen LogP contribution in [0.3, 0.4) is 0 Å². The molecule has 0 saturated heterocycles. The van der Waals surface area contributed by atoms with Gasteiger partial charge in [0.05, 0.1) is 0 Å². The summed E-state index contributed by atoms with van der Waals surface area (Å²) in [6, 6.07) is 0. The van der Waals surface area contributed by atoms with Crippen LogP contribution in [0.2, 0.25) is 0 Å². The van der Waals surface area contributed by atoms with E-state index in [0.29, 0.717) is 0 Å². The topological polar surface area (TPSA) is 0 Å². The second-order valence-electron chi connectivity index (χ2n) is 5.99. The molecule has 0 aliphatic heterocycles. The fourth-order valence-corrected chi connectivity index (χ4v) is 5.33. The van der Waals surface area contributed by atoms with Crippen LogP contribution in [0.25, 0.3) is 0 Å². The molecule has 1 spiro atoms. The molecular formula is C11H14. The molecule has 5 aliphatic rings. The van der Waals surface area contributed by atoms with Crippen LogP contribution in [0.15, 0.2) is 0 Å². The quantitative estimate of drug-likeness (QED) is 0.492. The van der Waals surface area contributed by atoms with Crippen LogP contribution in [-0.4, -0.2) is 0 Å². The third kappa shape index (κ3) is 0.331. The summed E-state index contributed by atoms with van der Waals surface area (Å²) in [6.07, 6.45) is 6.64. The molecule has 0 radical (unpaired) electrons. The third-order valence-electron chi connectivity index (χ3n) is 5.88. The first-order valence-electron chi connectivity index (χ1n) is 5.40. The highest BCUT2D eigenvalue weighted by Crippen LogP contribution is 2.90. The van der Waals surface area contributed by atoms with Crippen LogP contribution in [0.4, 0.5) is 0 Å². The van der Waals surface area contributed by atoms with Crippen molar-refractivity contribution in [2.45, 2.75) is 25.7 Å². The molecular weight excluding hydrogens is 132 g/mol. The number of hydrogen-bond acceptors (Lipinski definition) is 0. The van der Waals surface area contributed by atoms with Gasteiger partial charge in [0.1, 0.15) is 0 Å². The number of fused-ring (bicyclic) bond motifs is 5. The van der Waals surface area contributed by atoms with Crippen molar-refractivity contribution in [3.63, 3.8) is 0 Å². The monoisotopic (exact) mass is 146 g/mol. The van der Waals surface area contributed by atoms with Crippen LogP contribution in [-0.2, 0) is 0 Å². The Morgan fingerprint density at radius 1 is 0.909 bits per heavy atom. The van der Waals surface area contributed by atoms with Gasteiger partial charge in [-0.25, -0.2) is 0 Å². The van der Waals surface area contributed by atoms with Gasteiger partial charge in [0.15, 0.2) is 0 Å². The van der Waals surface area contributed by atoms with Gasteiger partial charge in [-0.1, -0.05) is 0 Å². The highest BCUT2D eigenvalue weighted by atomic mass is 14.9. The Morgan fingerprint density at radius 3 is 2.64 bits per heavy atom. The standard InChI is InChI=1S/C11H14/c1-5-2-7-8-3-11(8)4-9(11)10(7)6(1)5/h5-10H,1-4H2. The van der Waals surface area contributed by atoms with Crippen molar-refractivity contribution >= 4 is 0 Å². The molecule has 0 aromatic heterocycles. The molecule has 0 nitrogen and oxygen atoms in total. The van der Waals surface area contributed by atoms with Crippen molar-refractivity contribution in [2.75, 3.05) is 0 Å². The van der Waals surface area contributed by atoms with E-state index in [-0.39, 0.29) is 0 Å². The second-order valence-corrected chi connectivity index (χ2v) is 5.99. The summed E-state index contributed by atoms with van der Waals surface area (Å²) < 4.78 is 0. The smallest absolute Gasteiger partial charge is 0.0229 e. The molecule has 7 atom stereocenters. The predicted molar refractivity (Wildman–Crippen MR) is 41.8 cm³/mol. The van der Waals surface area contributed by atoms with E-state index in [0.717, 1.165) is 5.41 Å². The molecule has 7 unspecified atom stereocenters. The molecule has 5 fully saturated rings. The molecule has 0 aromatic carbocycles. The first kappa shape index (κ1) is 4.89. The van der Waals surface area contributed by atoms with Gasteiger partial charge in [-0.15, -0.1) is 0 Å². The average Bonchev–Trinajstić information content (AvgIpc) is 2.91. The SMILES string of the molecule is C1C2CC3C(C12)C1CC12CC32. The Kier molecular flexibility index (Phi) is 0.459. The van der Waals surface area contributed by atoms with Crippen molar-refractivity contribution in [1.82, 2.24) is 0 Å². The average molecular weight is 146 g/mol. The summed E-state index contributed by atoms with van der Waals surface area (Å²) >= 11 is 0. The van der Waals surface area contributed by atoms with Gasteiger partial charge in [0.2, 0.25) is 0 Å². The first-order chi connectivity index (χ1) is 5.40. The molecule has 11 heavy (non-hydrogen) atoms. The molecule has 5 saturated carbocycles. The minimum Gasteiger partial charge on any atom is -0.0468 e. The lowest BCUT2D eigenvalue weighted by molar-refractivity contribution is 0.304. The fraction of sp³-hybridized carbons (Fsp3) is 1.00. The van der Waals surface area contributed by atoms with Crippen LogP contribution in [0, 0.1) is 40.9 Å². The van der Waals surface area contributed by atoms with E-state index < -0.39 is 0 Å². The Bertz CT molecular complexity index is 269. The molecule has 5 rings (SSSR count). The van der Waals surface area contributed by atoms with Crippen molar-refractivity contribution in [3.05, 3.63) is 0 Å². The normalized spacial score (nSPS) is 85.1. The van der Waals surface area contributed by atoms with E-state index in [1.807, 2.05) is 0 Å². The zero-order valence-corrected chi connectivity index (χ0v) is 6.79. The van der Waals surface area contributed by atoms with E-state index in [4.69, 9.17) is 0 Å². The minimum absolute atomic E-state index is 1.03. The van der Waals surface area contributed by atoms with Gasteiger partial charge in [0, 0.05) is 0 Å². The highest BCUT2D eigenvalue weighted by Gasteiger charge is 2.83. The van der Waals surface area contributed by atoms with Crippen LogP contribution in [0.1, 0.15) is 25.7 Å². The zero-order chi connectivity index (χ0) is 6.79. The summed E-state index contributed by atoms with van der Waals surface area (Å²) in [4.78, 5) is 0. The van der Waals surface area contributed by atoms with Crippen molar-refractivity contribution < 1.29 is 0 Å². The van der Waals surface area contributed by atoms with Gasteiger partial charge in [-0.3, -0.25) is 0 Å². The maximum absolute atomic E-state index is 1.67. The maximum Gasteiger partial charge on any atom is -0.0229 e. The zero-order valence-electron chi connectivity index (χ0n) is 6.79. The summed E-state index contributed by atoms with van der Waals surface area (Å²) in [6.45, 7) is 0. The molecule has 0 amide bonds. The summed E-state index contributed by atoms with van der Waals surface area (Å²) in [7, 11) is 0. The highest BCUT2D eigenvalue weighted by molar-refractivity contribution is 5.32. The summed E-state index contributed by atoms with van der Waals surface area (Å²) in [5.74, 6) is 7.58. The molecule has 0 heterocycles. The lowest BCUT2D eigenvalue weighted by Gasteiger charge is -2.17. The van der Waals surface area contributed by atoms with Crippen molar-refractivity contribution in [3.8, 4) is 0 Å². The molecule has 5 aliphatic carbocycles. The van der Waals surface area contributed by atoms with E-state index in [2.05, 4.69) is 0 Å². The maximum atomic E-state index is 1.67. The van der Waals surface area contributed by atoms with Gasteiger partial charge in [-0.2, -0.15) is 0 Å². The Balaban J connectivity index is 1.70. The Morgan fingerprint density at radius 2 is 1.73 bits per heavy atom. The van der Waals surface area contributed by atoms with Gasteiger partial charge < -0.3 is 0 Å². The molecule has 0 heteroatoms. The third-order valence-corrected chi connectivity index (χ3v) is 5.88. The lowest BCUT2D eigenvalue weighted by atomic mass is 9.87. The largest absolute Gasteiger partial charge is 0.0468 e. The van der Waals surface area contributed by atoms with E-state index in [9.17, 15) is 0 Å². The van der Waals surface area contributed by atoms with Crippen LogP contribution in [0.5, 0.6) is 0 Å². The summed E-state index contributed by atoms with van der Waals surface area (Å²) in [5.41, 5.74) is 1.03. The molecule has 58 valence electrons. The van der Waals surface area contributed by atoms with E-state index >= 15 is 0 Å². The van der Waals surface area contributed by atoms with Crippen LogP contribution < -0.4 is 0 Å². The van der Waals surface area contributed by atoms with Gasteiger partial charge >= 0.3 is 0 Å². The molecule has 0 aromatic rings. The Hall–Kier alpha value is 0. The Labute approximate surface area is 67.4 Å². The number of rotatable bonds is 0. The molecule has 0 N–H and O–H groups in total. The van der Waals surface area contributed by atoms with E-state index in [1.165, 1.54) is 35.5 Å². The summed E-state index contributed by atoms with van der Waals surface area (Å²) in [5, 5.41) is 0. The van der Waals surface area contributed by atoms with E-state index in [1.54, 1.807) is 25.7 Å². The van der Waals surface area contributed by atoms with Crippen molar-refractivity contribution in [2.24, 2.45) is 40.9 Å².